The fourth-order valence-corrected chi connectivity index (χ4v) is 23.9. The summed E-state index contributed by atoms with van der Waals surface area (Å²) in [6.45, 7) is 21.1. The van der Waals surface area contributed by atoms with Gasteiger partial charge in [-0.15, -0.1) is 46.5 Å². The van der Waals surface area contributed by atoms with E-state index in [1.54, 1.807) is 0 Å². The standard InChI is InChI=1S/4C16H22BBr2N4.C6H14.2Ni/c4*1-11-15(18)9-22(20-11)17(23-10-16(19)12(2)21-23)13-5-3-6-14(17)8-4-7-13;1-3-5-6-4-2;;/h4*9-10,13-14H,3-8H2,1-2H3;3-6H2,1-2H3;;/q4*-1;;2*+2. The fourth-order valence-electron chi connectivity index (χ4n) is 21.6. The van der Waals surface area contributed by atoms with Gasteiger partial charge in [0.15, 0.2) is 0 Å². The zero-order valence-electron chi connectivity index (χ0n) is 60.2. The summed E-state index contributed by atoms with van der Waals surface area (Å²) in [6, 6.07) is 0. The van der Waals surface area contributed by atoms with E-state index in [-0.39, 0.29) is 33.0 Å². The van der Waals surface area contributed by atoms with Crippen LogP contribution >= 0.6 is 127 Å². The van der Waals surface area contributed by atoms with E-state index in [4.69, 9.17) is 40.8 Å². The van der Waals surface area contributed by atoms with Crippen LogP contribution in [0.3, 0.4) is 0 Å². The Morgan fingerprint density at radius 1 is 0.250 bits per heavy atom. The third kappa shape index (κ3) is 15.2. The first kappa shape index (κ1) is 81.3. The first-order valence-corrected chi connectivity index (χ1v) is 43.8. The minimum absolute atomic E-state index is 0. The van der Waals surface area contributed by atoms with Crippen LogP contribution in [0.15, 0.2) is 85.4 Å². The number of hydrogen-bond donors (Lipinski definition) is 0. The molecule has 0 aliphatic carbocycles. The van der Waals surface area contributed by atoms with E-state index in [0.29, 0.717) is 46.5 Å². The Morgan fingerprint density at radius 2 is 0.360 bits per heavy atom. The molecule has 0 radical (unpaired) electrons. The number of aryl methyl sites for hydroxylation is 8. The Balaban J connectivity index is 0.000000139. The second-order valence-corrected chi connectivity index (χ2v) is 38.0. The molecule has 16 heterocycles. The van der Waals surface area contributed by atoms with E-state index in [1.807, 2.05) is 0 Å². The molecular weight excluding hydrogens is 1860 g/mol. The fraction of sp³-hybridized carbons (Fsp3) is 0.657. The molecule has 0 atom stereocenters. The van der Waals surface area contributed by atoms with Crippen molar-refractivity contribution in [2.24, 2.45) is 0 Å². The summed E-state index contributed by atoms with van der Waals surface area (Å²) < 4.78 is 27.1. The number of unbranched alkanes of at least 4 members (excludes halogenated alkanes) is 3. The van der Waals surface area contributed by atoms with Crippen molar-refractivity contribution in [2.75, 3.05) is 0 Å². The average Bonchev–Trinajstić information content (AvgIpc) is 1.47. The predicted molar refractivity (Wildman–Crippen MR) is 434 cm³/mol. The van der Waals surface area contributed by atoms with E-state index in [2.05, 4.69) is 283 Å². The summed E-state index contributed by atoms with van der Waals surface area (Å²) in [4.78, 5) is 0. The molecule has 550 valence electrons. The molecule has 8 aliphatic heterocycles. The quantitative estimate of drug-likeness (QED) is 0.0920. The smallest absolute Gasteiger partial charge is 0.421 e. The maximum atomic E-state index is 4.93. The molecule has 16 rings (SSSR count). The molecule has 0 N–H and O–H groups in total. The van der Waals surface area contributed by atoms with Gasteiger partial charge in [-0.3, -0.25) is 0 Å². The van der Waals surface area contributed by atoms with Crippen molar-refractivity contribution in [1.82, 2.24) is 77.5 Å². The number of rotatable bonds is 11. The van der Waals surface area contributed by atoms with Crippen LogP contribution in [0.4, 0.5) is 0 Å². The maximum absolute atomic E-state index is 4.93. The second-order valence-electron chi connectivity index (χ2n) is 31.2. The van der Waals surface area contributed by atoms with Crippen molar-refractivity contribution < 1.29 is 33.0 Å². The van der Waals surface area contributed by atoms with E-state index in [9.17, 15) is 0 Å². The largest absolute Gasteiger partial charge is 2.00 e. The second kappa shape index (κ2) is 34.6. The molecule has 8 aromatic rings. The van der Waals surface area contributed by atoms with Crippen LogP contribution < -0.4 is 0 Å². The van der Waals surface area contributed by atoms with Crippen LogP contribution in [0.5, 0.6) is 0 Å². The zero-order chi connectivity index (χ0) is 69.6. The van der Waals surface area contributed by atoms with Crippen molar-refractivity contribution in [3.05, 3.63) is 131 Å². The number of aromatic nitrogens is 16. The summed E-state index contributed by atoms with van der Waals surface area (Å²) in [7, 11) is 0. The molecular formula is C70H102B4Br8N16Ni2. The molecule has 8 fully saturated rings. The summed E-state index contributed by atoms with van der Waals surface area (Å²) in [5.74, 6) is 5.33. The van der Waals surface area contributed by atoms with Crippen LogP contribution in [-0.2, 0) is 33.0 Å². The van der Waals surface area contributed by atoms with Gasteiger partial charge in [0, 0.05) is 0 Å². The average molecular weight is 1970 g/mol. The molecule has 8 aromatic heterocycles. The molecule has 0 spiro atoms. The minimum atomic E-state index is -1.00. The molecule has 0 amide bonds. The van der Waals surface area contributed by atoms with Crippen molar-refractivity contribution in [2.45, 2.75) is 296 Å². The normalized spacial score (nSPS) is 24.9. The van der Waals surface area contributed by atoms with Gasteiger partial charge in [0.25, 0.3) is 0 Å². The molecule has 100 heavy (non-hydrogen) atoms. The summed E-state index contributed by atoms with van der Waals surface area (Å²) in [6.07, 6.45) is 50.6. The van der Waals surface area contributed by atoms with E-state index in [0.717, 1.165) is 81.3 Å². The first-order chi connectivity index (χ1) is 47.0. The Kier molecular flexibility index (Phi) is 28.1. The Hall–Kier alpha value is -1.23. The van der Waals surface area contributed by atoms with Crippen molar-refractivity contribution in [3.8, 4) is 0 Å². The molecule has 0 aromatic carbocycles. The third-order valence-electron chi connectivity index (χ3n) is 26.0. The van der Waals surface area contributed by atoms with Crippen LogP contribution in [0, 0.1) is 55.4 Å². The number of nitrogens with zero attached hydrogens (tertiary/aromatic N) is 16. The van der Waals surface area contributed by atoms with Crippen molar-refractivity contribution in [3.63, 3.8) is 0 Å². The summed E-state index contributed by atoms with van der Waals surface area (Å²) in [5, 5.41) is 39.4. The van der Waals surface area contributed by atoms with Gasteiger partial charge >= 0.3 is 33.0 Å². The Bertz CT molecular complexity index is 3100. The van der Waals surface area contributed by atoms with Gasteiger partial charge in [-0.05, 0) is 232 Å². The van der Waals surface area contributed by atoms with Gasteiger partial charge in [0.1, 0.15) is 0 Å². The third-order valence-corrected chi connectivity index (χ3v) is 32.2. The van der Waals surface area contributed by atoms with Gasteiger partial charge in [-0.25, -0.2) is 40.8 Å². The predicted octanol–water partition coefficient (Wildman–Crippen LogP) is 23.3. The van der Waals surface area contributed by atoms with Crippen LogP contribution in [-0.4, -0.2) is 103 Å². The Morgan fingerprint density at radius 3 is 0.440 bits per heavy atom. The van der Waals surface area contributed by atoms with Gasteiger partial charge in [0.2, 0.25) is 25.7 Å². The molecule has 8 saturated heterocycles. The molecule has 0 saturated carbocycles. The number of halogens is 8. The maximum Gasteiger partial charge on any atom is 2.00 e. The monoisotopic (exact) mass is 1960 g/mol. The minimum Gasteiger partial charge on any atom is -0.421 e. The van der Waals surface area contributed by atoms with E-state index >= 15 is 0 Å². The van der Waals surface area contributed by atoms with Crippen LogP contribution in [0.25, 0.3) is 0 Å². The number of hydrogen-bond acceptors (Lipinski definition) is 8. The zero-order valence-corrected chi connectivity index (χ0v) is 74.8. The summed E-state index contributed by atoms with van der Waals surface area (Å²) in [5.41, 5.74) is 8.54. The Labute approximate surface area is 682 Å². The first-order valence-electron chi connectivity index (χ1n) is 37.5. The van der Waals surface area contributed by atoms with Crippen LogP contribution in [0.2, 0.25) is 46.5 Å². The van der Waals surface area contributed by atoms with Crippen molar-refractivity contribution >= 4 is 153 Å². The summed E-state index contributed by atoms with van der Waals surface area (Å²) >= 11 is 29.3. The van der Waals surface area contributed by atoms with Gasteiger partial charge in [-0.2, -0.15) is 0 Å². The van der Waals surface area contributed by atoms with Crippen LogP contribution in [0.1, 0.15) is 239 Å². The van der Waals surface area contributed by atoms with Gasteiger partial charge in [0.05, 0.1) is 81.3 Å². The van der Waals surface area contributed by atoms with Gasteiger partial charge < -0.3 is 36.7 Å². The van der Waals surface area contributed by atoms with Gasteiger partial charge in [-0.1, -0.05) is 194 Å². The number of fused-ring (bicyclic) bond motifs is 8. The molecule has 8 aliphatic rings. The molecule has 0 unspecified atom stereocenters. The molecule has 16 nitrogen and oxygen atoms in total. The van der Waals surface area contributed by atoms with Crippen molar-refractivity contribution in [1.29, 1.82) is 0 Å². The SMILES string of the molecule is CCCCCC.Cc1nn([B-]2(n3cc(Br)c(C)n3)C3CCCC2CCC3)cc1Br.Cc1nn([B-]2(n3cc(Br)c(C)n3)C3CCCC2CCC3)cc1Br.Cc1nn([B-]2(n3cc(Br)c(C)n3)C3CCCC2CCC3)cc1Br.Cc1nn([B-]2(n3cc(Br)c(C)n3)C3CCCC2CCC3)cc1Br.[Ni+2].[Ni+2]. The van der Waals surface area contributed by atoms with E-state index < -0.39 is 25.7 Å². The van der Waals surface area contributed by atoms with E-state index in [1.165, 1.54) is 180 Å². The topological polar surface area (TPSA) is 143 Å². The molecule has 30 heteroatoms. The molecule has 8 bridgehead atoms.